The average Bonchev–Trinajstić information content (AvgIpc) is 3.43. The molecule has 0 saturated carbocycles. The highest BCUT2D eigenvalue weighted by molar-refractivity contribution is 5.71. The molecule has 0 saturated heterocycles. The third-order valence-corrected chi connectivity index (χ3v) is 12.5. The molecule has 6 heteroatoms. The van der Waals surface area contributed by atoms with Gasteiger partial charge in [-0.05, 0) is 135 Å². The van der Waals surface area contributed by atoms with Crippen molar-refractivity contribution in [3.63, 3.8) is 0 Å². The molecule has 0 N–H and O–H groups in total. The van der Waals surface area contributed by atoms with Gasteiger partial charge in [-0.1, -0.05) is 256 Å². The first kappa shape index (κ1) is 72.0. The highest BCUT2D eigenvalue weighted by atomic mass is 16.6. The molecule has 0 amide bonds. The molecule has 0 aromatic rings. The summed E-state index contributed by atoms with van der Waals surface area (Å²) in [5.74, 6) is -1.05. The van der Waals surface area contributed by atoms with E-state index in [4.69, 9.17) is 14.2 Å². The molecule has 0 spiro atoms. The van der Waals surface area contributed by atoms with Gasteiger partial charge < -0.3 is 14.2 Å². The van der Waals surface area contributed by atoms with Gasteiger partial charge in [0.2, 0.25) is 0 Å². The fourth-order valence-electron chi connectivity index (χ4n) is 7.93. The normalized spacial score (nSPS) is 13.2. The Morgan fingerprint density at radius 3 is 0.844 bits per heavy atom. The van der Waals surface area contributed by atoms with Crippen LogP contribution in [0.15, 0.2) is 158 Å². The minimum Gasteiger partial charge on any atom is -0.462 e. The van der Waals surface area contributed by atoms with Crippen LogP contribution >= 0.6 is 0 Å². The Bertz CT molecular complexity index is 1740. The van der Waals surface area contributed by atoms with E-state index in [1.165, 1.54) is 89.9 Å². The predicted octanol–water partition coefficient (Wildman–Crippen LogP) is 21.3. The van der Waals surface area contributed by atoms with Crippen molar-refractivity contribution in [2.24, 2.45) is 0 Å². The van der Waals surface area contributed by atoms with Crippen LogP contribution in [0.25, 0.3) is 0 Å². The van der Waals surface area contributed by atoms with Crippen molar-refractivity contribution < 1.29 is 28.6 Å². The summed E-state index contributed by atoms with van der Waals surface area (Å²) in [7, 11) is 0. The van der Waals surface area contributed by atoms with Gasteiger partial charge in [-0.15, -0.1) is 0 Å². The molecule has 0 rings (SSSR count). The molecule has 0 aromatic heterocycles. The SMILES string of the molecule is CC/C=C\C/C=C\C/C=C\C/C=C\C/C=C\C/C=C\C/C=C\CCCC(=O)OCC(COC(=O)CCC/C=C\C/C=C\C/C=C\C/C=C\C/C=C\CC)OC(=O)CCCCCCCCCCC/C=C\CCCCCCCC. The summed E-state index contributed by atoms with van der Waals surface area (Å²) in [5, 5.41) is 0. The Hall–Kier alpha value is -4.97. The number of carbonyl (C=O) groups excluding carboxylic acids is 3. The molecule has 0 aliphatic heterocycles. The summed E-state index contributed by atoms with van der Waals surface area (Å²) in [4.78, 5) is 38.3. The van der Waals surface area contributed by atoms with Gasteiger partial charge in [0.1, 0.15) is 13.2 Å². The molecule has 432 valence electrons. The molecule has 0 aliphatic rings. The zero-order chi connectivity index (χ0) is 55.7. The van der Waals surface area contributed by atoms with Crippen molar-refractivity contribution in [3.05, 3.63) is 158 Å². The van der Waals surface area contributed by atoms with Gasteiger partial charge in [0, 0.05) is 19.3 Å². The van der Waals surface area contributed by atoms with E-state index in [-0.39, 0.29) is 44.0 Å². The van der Waals surface area contributed by atoms with Crippen molar-refractivity contribution >= 4 is 17.9 Å². The first-order valence-electron chi connectivity index (χ1n) is 31.0. The molecule has 0 bridgehead atoms. The predicted molar refractivity (Wildman–Crippen MR) is 334 cm³/mol. The van der Waals surface area contributed by atoms with E-state index in [0.717, 1.165) is 109 Å². The van der Waals surface area contributed by atoms with E-state index in [2.05, 4.69) is 179 Å². The Morgan fingerprint density at radius 2 is 0.519 bits per heavy atom. The van der Waals surface area contributed by atoms with Crippen molar-refractivity contribution in [1.82, 2.24) is 0 Å². The highest BCUT2D eigenvalue weighted by Crippen LogP contribution is 2.14. The minimum atomic E-state index is -0.835. The van der Waals surface area contributed by atoms with Crippen molar-refractivity contribution in [3.8, 4) is 0 Å². The summed E-state index contributed by atoms with van der Waals surface area (Å²) in [6.07, 6.45) is 92.5. The molecule has 77 heavy (non-hydrogen) atoms. The monoisotopic (exact) mass is 1060 g/mol. The topological polar surface area (TPSA) is 78.9 Å². The first-order chi connectivity index (χ1) is 38.0. The zero-order valence-corrected chi connectivity index (χ0v) is 49.4. The molecular formula is C71H112O6. The first-order valence-corrected chi connectivity index (χ1v) is 31.0. The number of esters is 3. The maximum Gasteiger partial charge on any atom is 0.306 e. The smallest absolute Gasteiger partial charge is 0.306 e. The average molecular weight is 1060 g/mol. The van der Waals surface area contributed by atoms with Crippen LogP contribution in [0.1, 0.15) is 252 Å². The second kappa shape index (κ2) is 63.6. The van der Waals surface area contributed by atoms with Gasteiger partial charge in [-0.3, -0.25) is 14.4 Å². The van der Waals surface area contributed by atoms with Crippen molar-refractivity contribution in [2.45, 2.75) is 258 Å². The van der Waals surface area contributed by atoms with Crippen LogP contribution in [0.5, 0.6) is 0 Å². The zero-order valence-electron chi connectivity index (χ0n) is 49.4. The van der Waals surface area contributed by atoms with Gasteiger partial charge in [0.25, 0.3) is 0 Å². The number of unbranched alkanes of at least 4 members (excludes halogenated alkanes) is 17. The van der Waals surface area contributed by atoms with Crippen LogP contribution in [-0.4, -0.2) is 37.2 Å². The lowest BCUT2D eigenvalue weighted by Crippen LogP contribution is -2.30. The highest BCUT2D eigenvalue weighted by Gasteiger charge is 2.19. The van der Waals surface area contributed by atoms with Crippen LogP contribution in [0.2, 0.25) is 0 Å². The minimum absolute atomic E-state index is 0.133. The van der Waals surface area contributed by atoms with E-state index >= 15 is 0 Å². The van der Waals surface area contributed by atoms with Crippen LogP contribution < -0.4 is 0 Å². The second-order valence-electron chi connectivity index (χ2n) is 19.8. The lowest BCUT2D eigenvalue weighted by Gasteiger charge is -2.18. The van der Waals surface area contributed by atoms with E-state index < -0.39 is 6.10 Å². The fraction of sp³-hybridized carbons (Fsp3) is 0.592. The lowest BCUT2D eigenvalue weighted by molar-refractivity contribution is -0.167. The van der Waals surface area contributed by atoms with Gasteiger partial charge in [-0.25, -0.2) is 0 Å². The molecule has 0 fully saturated rings. The molecule has 0 radical (unpaired) electrons. The van der Waals surface area contributed by atoms with Gasteiger partial charge in [0.15, 0.2) is 6.10 Å². The fourth-order valence-corrected chi connectivity index (χ4v) is 7.93. The van der Waals surface area contributed by atoms with Gasteiger partial charge in [-0.2, -0.15) is 0 Å². The van der Waals surface area contributed by atoms with E-state index in [9.17, 15) is 14.4 Å². The third-order valence-electron chi connectivity index (χ3n) is 12.5. The Kier molecular flexibility index (Phi) is 59.5. The summed E-state index contributed by atoms with van der Waals surface area (Å²) in [6, 6.07) is 0. The number of rotatable bonds is 54. The van der Waals surface area contributed by atoms with Crippen LogP contribution in [0.4, 0.5) is 0 Å². The van der Waals surface area contributed by atoms with Gasteiger partial charge >= 0.3 is 17.9 Å². The summed E-state index contributed by atoms with van der Waals surface area (Å²) < 4.78 is 16.8. The number of ether oxygens (including phenoxy) is 3. The lowest BCUT2D eigenvalue weighted by atomic mass is 10.1. The molecule has 0 aliphatic carbocycles. The molecule has 1 atom stereocenters. The number of hydrogen-bond acceptors (Lipinski definition) is 6. The van der Waals surface area contributed by atoms with E-state index in [0.29, 0.717) is 19.3 Å². The third kappa shape index (κ3) is 61.8. The van der Waals surface area contributed by atoms with E-state index in [1.54, 1.807) is 0 Å². The van der Waals surface area contributed by atoms with Crippen molar-refractivity contribution in [1.29, 1.82) is 0 Å². The van der Waals surface area contributed by atoms with Crippen LogP contribution in [0.3, 0.4) is 0 Å². The largest absolute Gasteiger partial charge is 0.462 e. The molecule has 0 heterocycles. The molecule has 1 unspecified atom stereocenters. The number of hydrogen-bond donors (Lipinski definition) is 0. The van der Waals surface area contributed by atoms with Gasteiger partial charge in [0.05, 0.1) is 0 Å². The Labute approximate surface area is 473 Å². The molecule has 0 aromatic carbocycles. The van der Waals surface area contributed by atoms with Crippen LogP contribution in [0, 0.1) is 0 Å². The number of allylic oxidation sites excluding steroid dienone is 26. The summed E-state index contributed by atoms with van der Waals surface area (Å²) in [5.41, 5.74) is 0. The number of carbonyl (C=O) groups is 3. The summed E-state index contributed by atoms with van der Waals surface area (Å²) in [6.45, 7) is 6.31. The van der Waals surface area contributed by atoms with Crippen molar-refractivity contribution in [2.75, 3.05) is 13.2 Å². The Morgan fingerprint density at radius 1 is 0.273 bits per heavy atom. The standard InChI is InChI=1S/C71H112O6/c1-4-7-10-13-16-19-22-25-28-31-33-34-35-36-38-40-43-46-49-52-55-58-61-64-70(73)76-67-68(66-75-69(72)63-60-57-54-51-48-45-42-39-30-27-24-21-18-15-12-9-6-3)77-71(74)65-62-59-56-53-50-47-44-41-37-32-29-26-23-20-17-14-11-8-5-2/h7,9-10,12,16,18-19,21,25-30,33-34,36,38,42-43,45-46,51-52,54-55,68H,4-6,8,11,13-15,17,20,22-24,31-32,35,37,39-41,44,47-50,53,56-67H2,1-3H3/b10-7-,12-9-,19-16-,21-18-,28-25-,29-26-,30-27-,34-33-,38-36-,45-42-,46-43-,54-51-,55-52-. The maximum atomic E-state index is 12.9. The van der Waals surface area contributed by atoms with E-state index in [1.807, 2.05) is 0 Å². The second-order valence-corrected chi connectivity index (χ2v) is 19.8. The quantitative estimate of drug-likeness (QED) is 0.0261. The molecular weight excluding hydrogens is 949 g/mol. The summed E-state index contributed by atoms with van der Waals surface area (Å²) >= 11 is 0. The maximum absolute atomic E-state index is 12.9. The van der Waals surface area contributed by atoms with Crippen LogP contribution in [-0.2, 0) is 28.6 Å². The molecule has 6 nitrogen and oxygen atoms in total. The Balaban J connectivity index is 4.58.